The minimum atomic E-state index is -0.826. The molecule has 0 radical (unpaired) electrons. The molecule has 0 unspecified atom stereocenters. The summed E-state index contributed by atoms with van der Waals surface area (Å²) in [6.45, 7) is 3.48. The first-order valence-electron chi connectivity index (χ1n) is 6.57. The van der Waals surface area contributed by atoms with Crippen LogP contribution < -0.4 is 4.74 Å². The molecular weight excluding hydrogens is 300 g/mol. The highest BCUT2D eigenvalue weighted by atomic mass is 32.2. The van der Waals surface area contributed by atoms with Crippen molar-refractivity contribution in [3.05, 3.63) is 29.8 Å². The number of fused-ring (bicyclic) bond motifs is 1. The third-order valence-electron chi connectivity index (χ3n) is 3.14. The van der Waals surface area contributed by atoms with Gasteiger partial charge in [0.15, 0.2) is 0 Å². The number of nitriles is 1. The number of carbonyl (C=O) groups is 1. The van der Waals surface area contributed by atoms with Crippen molar-refractivity contribution < 1.29 is 14.3 Å². The second-order valence-electron chi connectivity index (χ2n) is 5.12. The van der Waals surface area contributed by atoms with Gasteiger partial charge < -0.3 is 9.47 Å². The SMILES string of the molecule is COC(=O)C(C)(C)Sc1nc2ccc(OC)cc2cc1C#N. The van der Waals surface area contributed by atoms with E-state index in [4.69, 9.17) is 9.47 Å². The fourth-order valence-electron chi connectivity index (χ4n) is 1.95. The Morgan fingerprint density at radius 2 is 2.05 bits per heavy atom. The average molecular weight is 316 g/mol. The van der Waals surface area contributed by atoms with Crippen LogP contribution in [0.4, 0.5) is 0 Å². The molecule has 1 heterocycles. The third-order valence-corrected chi connectivity index (χ3v) is 4.32. The Kier molecular flexibility index (Phi) is 4.57. The Bertz CT molecular complexity index is 766. The molecule has 114 valence electrons. The van der Waals surface area contributed by atoms with Crippen molar-refractivity contribution in [1.29, 1.82) is 5.26 Å². The number of ether oxygens (including phenoxy) is 2. The van der Waals surface area contributed by atoms with E-state index >= 15 is 0 Å². The number of carbonyl (C=O) groups excluding carboxylic acids is 1. The van der Waals surface area contributed by atoms with Gasteiger partial charge >= 0.3 is 5.97 Å². The molecule has 2 rings (SSSR count). The van der Waals surface area contributed by atoms with Crippen LogP contribution in [-0.4, -0.2) is 29.9 Å². The predicted octanol–water partition coefficient (Wildman–Crippen LogP) is 3.16. The summed E-state index contributed by atoms with van der Waals surface area (Å²) >= 11 is 1.22. The van der Waals surface area contributed by atoms with E-state index < -0.39 is 4.75 Å². The summed E-state index contributed by atoms with van der Waals surface area (Å²) in [5.74, 6) is 0.339. The smallest absolute Gasteiger partial charge is 0.321 e. The van der Waals surface area contributed by atoms with Gasteiger partial charge in [-0.25, -0.2) is 4.98 Å². The Hall–Kier alpha value is -2.26. The number of nitrogens with zero attached hydrogens (tertiary/aromatic N) is 2. The molecule has 1 aromatic carbocycles. The van der Waals surface area contributed by atoms with Crippen LogP contribution in [0, 0.1) is 11.3 Å². The van der Waals surface area contributed by atoms with Crippen LogP contribution >= 0.6 is 11.8 Å². The van der Waals surface area contributed by atoms with Crippen LogP contribution in [0.5, 0.6) is 5.75 Å². The Balaban J connectivity index is 2.50. The summed E-state index contributed by atoms with van der Waals surface area (Å²) in [6.07, 6.45) is 0. The van der Waals surface area contributed by atoms with Crippen molar-refractivity contribution in [3.63, 3.8) is 0 Å². The van der Waals surface area contributed by atoms with Crippen LogP contribution in [0.2, 0.25) is 0 Å². The number of esters is 1. The molecule has 0 spiro atoms. The molecule has 22 heavy (non-hydrogen) atoms. The first-order chi connectivity index (χ1) is 10.4. The van der Waals surface area contributed by atoms with Crippen molar-refractivity contribution in [2.24, 2.45) is 0 Å². The number of thioether (sulfide) groups is 1. The number of aromatic nitrogens is 1. The molecule has 0 amide bonds. The van der Waals surface area contributed by atoms with E-state index in [9.17, 15) is 10.1 Å². The maximum Gasteiger partial charge on any atom is 0.321 e. The second-order valence-corrected chi connectivity index (χ2v) is 6.73. The van der Waals surface area contributed by atoms with Crippen molar-refractivity contribution in [2.45, 2.75) is 23.6 Å². The van der Waals surface area contributed by atoms with Gasteiger partial charge in [0.05, 0.1) is 25.3 Å². The van der Waals surface area contributed by atoms with Crippen LogP contribution in [-0.2, 0) is 9.53 Å². The van der Waals surface area contributed by atoms with Gasteiger partial charge in [0.1, 0.15) is 21.6 Å². The van der Waals surface area contributed by atoms with E-state index in [-0.39, 0.29) is 5.97 Å². The number of hydrogen-bond acceptors (Lipinski definition) is 6. The van der Waals surface area contributed by atoms with Gasteiger partial charge in [0.25, 0.3) is 0 Å². The van der Waals surface area contributed by atoms with E-state index in [1.165, 1.54) is 18.9 Å². The largest absolute Gasteiger partial charge is 0.497 e. The molecule has 0 saturated heterocycles. The summed E-state index contributed by atoms with van der Waals surface area (Å²) < 4.78 is 9.14. The van der Waals surface area contributed by atoms with Gasteiger partial charge in [0, 0.05) is 5.39 Å². The summed E-state index contributed by atoms with van der Waals surface area (Å²) in [5, 5.41) is 10.7. The first kappa shape index (κ1) is 16.1. The molecule has 0 atom stereocenters. The minimum absolute atomic E-state index is 0.363. The lowest BCUT2D eigenvalue weighted by molar-refractivity contribution is -0.142. The second kappa shape index (κ2) is 6.24. The molecule has 0 bridgehead atoms. The van der Waals surface area contributed by atoms with Gasteiger partial charge in [-0.3, -0.25) is 4.79 Å². The van der Waals surface area contributed by atoms with Crippen molar-refractivity contribution in [2.75, 3.05) is 14.2 Å². The summed E-state index contributed by atoms with van der Waals surface area (Å²) in [7, 11) is 2.93. The molecule has 6 heteroatoms. The summed E-state index contributed by atoms with van der Waals surface area (Å²) in [5.41, 5.74) is 1.16. The summed E-state index contributed by atoms with van der Waals surface area (Å²) in [4.78, 5) is 16.3. The van der Waals surface area contributed by atoms with E-state index in [1.807, 2.05) is 12.1 Å². The molecule has 0 saturated carbocycles. The molecular formula is C16H16N2O3S. The van der Waals surface area contributed by atoms with E-state index in [0.717, 1.165) is 10.9 Å². The van der Waals surface area contributed by atoms with Crippen molar-refractivity contribution in [3.8, 4) is 11.8 Å². The molecule has 5 nitrogen and oxygen atoms in total. The highest BCUT2D eigenvalue weighted by Crippen LogP contribution is 2.35. The van der Waals surface area contributed by atoms with Gasteiger partial charge in [-0.05, 0) is 38.1 Å². The van der Waals surface area contributed by atoms with Crippen LogP contribution in [0.15, 0.2) is 29.3 Å². The number of methoxy groups -OCH3 is 2. The zero-order valence-corrected chi connectivity index (χ0v) is 13.7. The maximum atomic E-state index is 11.8. The fourth-order valence-corrected chi connectivity index (χ4v) is 2.96. The van der Waals surface area contributed by atoms with Gasteiger partial charge in [-0.15, -0.1) is 0 Å². The average Bonchev–Trinajstić information content (AvgIpc) is 2.52. The summed E-state index contributed by atoms with van der Waals surface area (Å²) in [6, 6.07) is 9.33. The molecule has 0 N–H and O–H groups in total. The van der Waals surface area contributed by atoms with E-state index in [1.54, 1.807) is 33.1 Å². The zero-order valence-electron chi connectivity index (χ0n) is 12.8. The van der Waals surface area contributed by atoms with E-state index in [0.29, 0.717) is 16.3 Å². The lowest BCUT2D eigenvalue weighted by Crippen LogP contribution is -2.29. The molecule has 0 aliphatic rings. The Labute approximate surface area is 133 Å². The lowest BCUT2D eigenvalue weighted by atomic mass is 10.1. The molecule has 0 fully saturated rings. The Morgan fingerprint density at radius 1 is 1.32 bits per heavy atom. The minimum Gasteiger partial charge on any atom is -0.497 e. The molecule has 2 aromatic rings. The van der Waals surface area contributed by atoms with Crippen molar-refractivity contribution in [1.82, 2.24) is 4.98 Å². The van der Waals surface area contributed by atoms with Crippen LogP contribution in [0.25, 0.3) is 10.9 Å². The Morgan fingerprint density at radius 3 is 2.64 bits per heavy atom. The van der Waals surface area contributed by atoms with Gasteiger partial charge in [-0.2, -0.15) is 5.26 Å². The first-order valence-corrected chi connectivity index (χ1v) is 7.39. The fraction of sp³-hybridized carbons (Fsp3) is 0.312. The maximum absolute atomic E-state index is 11.8. The number of benzene rings is 1. The normalized spacial score (nSPS) is 11.0. The third kappa shape index (κ3) is 3.15. The lowest BCUT2D eigenvalue weighted by Gasteiger charge is -2.20. The predicted molar refractivity (Wildman–Crippen MR) is 85.0 cm³/mol. The van der Waals surface area contributed by atoms with Gasteiger partial charge in [0.2, 0.25) is 0 Å². The van der Waals surface area contributed by atoms with Crippen molar-refractivity contribution >= 4 is 28.6 Å². The number of pyridine rings is 1. The highest BCUT2D eigenvalue weighted by Gasteiger charge is 2.31. The van der Waals surface area contributed by atoms with Crippen LogP contribution in [0.1, 0.15) is 19.4 Å². The highest BCUT2D eigenvalue weighted by molar-refractivity contribution is 8.01. The number of rotatable bonds is 4. The van der Waals surface area contributed by atoms with Crippen LogP contribution in [0.3, 0.4) is 0 Å². The standard InChI is InChI=1S/C16H16N2O3S/c1-16(2,15(19)21-4)22-14-11(9-17)7-10-8-12(20-3)5-6-13(10)18-14/h5-8H,1-4H3. The monoisotopic (exact) mass is 316 g/mol. The quantitative estimate of drug-likeness (QED) is 0.637. The molecule has 0 aliphatic heterocycles. The van der Waals surface area contributed by atoms with Gasteiger partial charge in [-0.1, -0.05) is 11.8 Å². The molecule has 0 aliphatic carbocycles. The molecule has 1 aromatic heterocycles. The zero-order chi connectivity index (χ0) is 16.3. The number of hydrogen-bond donors (Lipinski definition) is 0. The van der Waals surface area contributed by atoms with E-state index in [2.05, 4.69) is 11.1 Å². The topological polar surface area (TPSA) is 72.2 Å².